The maximum atomic E-state index is 13.7. The molecule has 5 rings (SSSR count). The van der Waals surface area contributed by atoms with Gasteiger partial charge in [0.05, 0.1) is 34.5 Å². The number of alkyl carbamates (subject to hydrolysis) is 1. The van der Waals surface area contributed by atoms with Gasteiger partial charge in [-0.25, -0.2) is 13.2 Å². The third kappa shape index (κ3) is 5.78. The van der Waals surface area contributed by atoms with Crippen molar-refractivity contribution in [2.75, 3.05) is 10.7 Å². The maximum Gasteiger partial charge on any atom is 0.408 e. The maximum absolute atomic E-state index is 13.7. The van der Waals surface area contributed by atoms with E-state index >= 15 is 0 Å². The number of hydrogen-bond donors (Lipinski definition) is 1. The van der Waals surface area contributed by atoms with E-state index in [1.54, 1.807) is 45.0 Å². The third-order valence-electron chi connectivity index (χ3n) is 6.28. The van der Waals surface area contributed by atoms with Crippen LogP contribution < -0.4 is 10.2 Å². The van der Waals surface area contributed by atoms with Crippen LogP contribution in [0.4, 0.5) is 10.5 Å². The summed E-state index contributed by atoms with van der Waals surface area (Å²) in [7, 11) is -4.01. The van der Waals surface area contributed by atoms with Gasteiger partial charge in [-0.15, -0.1) is 0 Å². The first-order valence-corrected chi connectivity index (χ1v) is 14.1. The summed E-state index contributed by atoms with van der Waals surface area (Å²) in [4.78, 5) is 31.9. The van der Waals surface area contributed by atoms with Crippen molar-refractivity contribution in [3.05, 3.63) is 59.5 Å². The molecule has 1 aliphatic heterocycles. The van der Waals surface area contributed by atoms with E-state index in [0.717, 1.165) is 18.4 Å². The number of nitrogens with zero attached hydrogens (tertiary/aromatic N) is 4. The molecule has 0 saturated heterocycles. The predicted molar refractivity (Wildman–Crippen MR) is 139 cm³/mol. The molecule has 3 aromatic rings. The van der Waals surface area contributed by atoms with Crippen LogP contribution in [0, 0.1) is 11.3 Å². The predicted octanol–water partition coefficient (Wildman–Crippen LogP) is 3.70. The molecule has 1 atom stereocenters. The number of carbonyl (C=O) groups is 2. The average molecular weight is 550 g/mol. The van der Waals surface area contributed by atoms with Crippen LogP contribution in [0.15, 0.2) is 51.9 Å². The Morgan fingerprint density at radius 2 is 1.92 bits per heavy atom. The molecule has 1 N–H and O–H groups in total. The molecule has 202 valence electrons. The molecule has 11 nitrogen and oxygen atoms in total. The smallest absolute Gasteiger partial charge is 0.408 e. The third-order valence-corrected chi connectivity index (χ3v) is 8.06. The van der Waals surface area contributed by atoms with E-state index in [1.165, 1.54) is 23.1 Å². The lowest BCUT2D eigenvalue weighted by molar-refractivity contribution is -0.120. The number of amides is 2. The van der Waals surface area contributed by atoms with Gasteiger partial charge in [0.1, 0.15) is 11.6 Å². The van der Waals surface area contributed by atoms with Crippen LogP contribution in [0.3, 0.4) is 0 Å². The van der Waals surface area contributed by atoms with E-state index in [9.17, 15) is 23.3 Å². The molecule has 2 aliphatic rings. The Morgan fingerprint density at radius 1 is 1.21 bits per heavy atom. The molecule has 0 unspecified atom stereocenters. The SMILES string of the molecule is CC(C)(C)OC(=O)N[C@H]1CS(=O)(=O)c2ccc(C#N)cc2N(Cc2ccc(-c3noc(C4CC4)n3)cc2)C1=O. The van der Waals surface area contributed by atoms with Crippen LogP contribution in [-0.2, 0) is 25.9 Å². The number of hydrogen-bond acceptors (Lipinski definition) is 9. The number of anilines is 1. The van der Waals surface area contributed by atoms with E-state index in [0.29, 0.717) is 23.2 Å². The van der Waals surface area contributed by atoms with Gasteiger partial charge in [0.15, 0.2) is 9.84 Å². The number of nitriles is 1. The van der Waals surface area contributed by atoms with E-state index < -0.39 is 39.2 Å². The van der Waals surface area contributed by atoms with Crippen LogP contribution in [0.2, 0.25) is 0 Å². The Labute approximate surface area is 225 Å². The van der Waals surface area contributed by atoms with Crippen LogP contribution in [0.1, 0.15) is 56.5 Å². The first-order valence-electron chi connectivity index (χ1n) is 12.4. The molecule has 39 heavy (non-hydrogen) atoms. The highest BCUT2D eigenvalue weighted by Crippen LogP contribution is 2.39. The van der Waals surface area contributed by atoms with Crippen molar-refractivity contribution in [1.29, 1.82) is 5.26 Å². The zero-order valence-electron chi connectivity index (χ0n) is 21.7. The van der Waals surface area contributed by atoms with Crippen LogP contribution in [-0.4, -0.2) is 48.0 Å². The molecule has 1 saturated carbocycles. The highest BCUT2D eigenvalue weighted by molar-refractivity contribution is 7.91. The lowest BCUT2D eigenvalue weighted by atomic mass is 10.1. The van der Waals surface area contributed by atoms with Crippen molar-refractivity contribution in [2.24, 2.45) is 0 Å². The first kappa shape index (κ1) is 26.4. The number of sulfone groups is 1. The molecular weight excluding hydrogens is 522 g/mol. The second kappa shape index (κ2) is 9.81. The summed E-state index contributed by atoms with van der Waals surface area (Å²) >= 11 is 0. The summed E-state index contributed by atoms with van der Waals surface area (Å²) in [6.45, 7) is 4.97. The lowest BCUT2D eigenvalue weighted by Crippen LogP contribution is -2.51. The van der Waals surface area contributed by atoms with Crippen molar-refractivity contribution in [3.8, 4) is 17.5 Å². The quantitative estimate of drug-likeness (QED) is 0.501. The molecular formula is C27H27N5O6S. The highest BCUT2D eigenvalue weighted by Gasteiger charge is 2.39. The van der Waals surface area contributed by atoms with E-state index in [4.69, 9.17) is 9.26 Å². The number of benzene rings is 2. The minimum atomic E-state index is -4.01. The molecule has 1 fully saturated rings. The summed E-state index contributed by atoms with van der Waals surface area (Å²) in [5.74, 6) is 0.122. The minimum Gasteiger partial charge on any atom is -0.444 e. The summed E-state index contributed by atoms with van der Waals surface area (Å²) in [6, 6.07) is 11.8. The summed E-state index contributed by atoms with van der Waals surface area (Å²) < 4.78 is 37.2. The fourth-order valence-corrected chi connectivity index (χ4v) is 5.86. The zero-order valence-corrected chi connectivity index (χ0v) is 22.5. The van der Waals surface area contributed by atoms with Gasteiger partial charge in [0.25, 0.3) is 5.91 Å². The average Bonchev–Trinajstić information content (AvgIpc) is 3.62. The van der Waals surface area contributed by atoms with Gasteiger partial charge in [-0.05, 0) is 57.4 Å². The lowest BCUT2D eigenvalue weighted by Gasteiger charge is -2.27. The highest BCUT2D eigenvalue weighted by atomic mass is 32.2. The molecule has 1 aliphatic carbocycles. The summed E-state index contributed by atoms with van der Waals surface area (Å²) in [5, 5.41) is 15.9. The number of aromatic nitrogens is 2. The number of nitrogens with one attached hydrogen (secondary N) is 1. The van der Waals surface area contributed by atoms with Crippen LogP contribution >= 0.6 is 0 Å². The van der Waals surface area contributed by atoms with Crippen LogP contribution in [0.25, 0.3) is 11.4 Å². The second-order valence-electron chi connectivity index (χ2n) is 10.6. The largest absolute Gasteiger partial charge is 0.444 e. The van der Waals surface area contributed by atoms with Crippen molar-refractivity contribution in [2.45, 2.75) is 62.6 Å². The Balaban J connectivity index is 1.47. The van der Waals surface area contributed by atoms with E-state index in [2.05, 4.69) is 15.5 Å². The molecule has 12 heteroatoms. The Morgan fingerprint density at radius 3 is 2.56 bits per heavy atom. The van der Waals surface area contributed by atoms with Crippen molar-refractivity contribution >= 4 is 27.5 Å². The Kier molecular flexibility index (Phi) is 6.64. The molecule has 2 heterocycles. The van der Waals surface area contributed by atoms with Gasteiger partial charge in [-0.1, -0.05) is 29.4 Å². The summed E-state index contributed by atoms with van der Waals surface area (Å²) in [5.41, 5.74) is 0.835. The minimum absolute atomic E-state index is 0.0113. The molecule has 2 aromatic carbocycles. The van der Waals surface area contributed by atoms with Gasteiger partial charge in [-0.2, -0.15) is 10.2 Å². The van der Waals surface area contributed by atoms with Crippen LogP contribution in [0.5, 0.6) is 0 Å². The monoisotopic (exact) mass is 549 g/mol. The normalized spacial score (nSPS) is 18.6. The number of carbonyl (C=O) groups excluding carboxylic acids is 2. The standard InChI is InChI=1S/C27H27N5O6S/c1-27(2,3)37-26(34)29-20-15-39(35,36)22-11-6-17(13-28)12-21(22)32(25(20)33)14-16-4-7-18(8-5-16)23-30-24(38-31-23)19-9-10-19/h4-8,11-12,19-20H,9-10,14-15H2,1-3H3,(H,29,34)/t20-/m0/s1. The summed E-state index contributed by atoms with van der Waals surface area (Å²) in [6.07, 6.45) is 1.17. The molecule has 0 radical (unpaired) electrons. The fourth-order valence-electron chi connectivity index (χ4n) is 4.25. The topological polar surface area (TPSA) is 155 Å². The molecule has 0 spiro atoms. The Bertz CT molecular complexity index is 1580. The second-order valence-corrected chi connectivity index (χ2v) is 12.6. The number of rotatable bonds is 5. The van der Waals surface area contributed by atoms with Gasteiger partial charge >= 0.3 is 6.09 Å². The Hall–Kier alpha value is -4.24. The zero-order chi connectivity index (χ0) is 27.9. The van der Waals surface area contributed by atoms with E-state index in [1.807, 2.05) is 6.07 Å². The van der Waals surface area contributed by atoms with Crippen molar-refractivity contribution in [3.63, 3.8) is 0 Å². The number of ether oxygens (including phenoxy) is 1. The number of fused-ring (bicyclic) bond motifs is 1. The molecule has 1 aromatic heterocycles. The van der Waals surface area contributed by atoms with Gasteiger partial charge in [0.2, 0.25) is 11.7 Å². The van der Waals surface area contributed by atoms with Crippen molar-refractivity contribution < 1.29 is 27.3 Å². The molecule has 0 bridgehead atoms. The molecule has 2 amide bonds. The first-order chi connectivity index (χ1) is 18.4. The van der Waals surface area contributed by atoms with Crippen molar-refractivity contribution in [1.82, 2.24) is 15.5 Å². The van der Waals surface area contributed by atoms with Gasteiger partial charge in [-0.3, -0.25) is 4.79 Å². The fraction of sp³-hybridized carbons (Fsp3) is 0.370. The van der Waals surface area contributed by atoms with Gasteiger partial charge < -0.3 is 19.5 Å². The van der Waals surface area contributed by atoms with E-state index in [-0.39, 0.29) is 22.7 Å². The van der Waals surface area contributed by atoms with Gasteiger partial charge in [0, 0.05) is 11.5 Å².